The summed E-state index contributed by atoms with van der Waals surface area (Å²) in [6.45, 7) is 9.15. The van der Waals surface area contributed by atoms with Gasteiger partial charge in [0, 0.05) is 5.41 Å². The second-order valence-electron chi connectivity index (χ2n) is 13.9. The highest BCUT2D eigenvalue weighted by Gasteiger charge is 2.35. The Hall–Kier alpha value is -5.46. The minimum atomic E-state index is -0.0231. The average Bonchev–Trinajstić information content (AvgIpc) is 3.32. The van der Waals surface area contributed by atoms with Crippen molar-refractivity contribution < 1.29 is 0 Å². The molecule has 0 aliphatic heterocycles. The van der Waals surface area contributed by atoms with E-state index in [4.69, 9.17) is 0 Å². The first-order valence-electron chi connectivity index (χ1n) is 16.7. The summed E-state index contributed by atoms with van der Waals surface area (Å²) in [7, 11) is 0. The van der Waals surface area contributed by atoms with Crippen LogP contribution in [0.3, 0.4) is 0 Å². The molecule has 0 aromatic heterocycles. The Morgan fingerprint density at radius 1 is 0.383 bits per heavy atom. The third-order valence-corrected chi connectivity index (χ3v) is 10.6. The Morgan fingerprint density at radius 3 is 1.85 bits per heavy atom. The highest BCUT2D eigenvalue weighted by Crippen LogP contribution is 2.51. The lowest BCUT2D eigenvalue weighted by molar-refractivity contribution is 0.660. The van der Waals surface area contributed by atoms with Gasteiger partial charge in [-0.1, -0.05) is 147 Å². The van der Waals surface area contributed by atoms with Crippen molar-refractivity contribution in [2.24, 2.45) is 0 Å². The highest BCUT2D eigenvalue weighted by molar-refractivity contribution is 6.22. The Labute approximate surface area is 277 Å². The summed E-state index contributed by atoms with van der Waals surface area (Å²) in [6.07, 6.45) is 0. The number of rotatable bonds is 3. The van der Waals surface area contributed by atoms with Crippen LogP contribution in [-0.2, 0) is 5.41 Å². The van der Waals surface area contributed by atoms with Gasteiger partial charge in [-0.25, -0.2) is 0 Å². The predicted molar refractivity (Wildman–Crippen MR) is 202 cm³/mol. The molecule has 224 valence electrons. The predicted octanol–water partition coefficient (Wildman–Crippen LogP) is 13.1. The van der Waals surface area contributed by atoms with Crippen LogP contribution in [-0.4, -0.2) is 0 Å². The van der Waals surface area contributed by atoms with Crippen molar-refractivity contribution in [3.05, 3.63) is 168 Å². The van der Waals surface area contributed by atoms with E-state index in [1.165, 1.54) is 99.1 Å². The molecule has 0 heteroatoms. The zero-order chi connectivity index (χ0) is 31.9. The Bertz CT molecular complexity index is 2560. The first kappa shape index (κ1) is 27.8. The molecule has 0 spiro atoms. The highest BCUT2D eigenvalue weighted by atomic mass is 14.4. The molecular weight excluding hydrogens is 565 g/mol. The smallest absolute Gasteiger partial charge is 0.0158 e. The van der Waals surface area contributed by atoms with Gasteiger partial charge >= 0.3 is 0 Å². The Kier molecular flexibility index (Phi) is 6.08. The van der Waals surface area contributed by atoms with Crippen molar-refractivity contribution in [2.75, 3.05) is 0 Å². The molecule has 1 aliphatic carbocycles. The number of benzene rings is 8. The number of aryl methyl sites for hydroxylation is 2. The molecule has 8 aromatic rings. The second-order valence-corrected chi connectivity index (χ2v) is 13.9. The molecule has 0 radical (unpaired) electrons. The van der Waals surface area contributed by atoms with Gasteiger partial charge in [0.15, 0.2) is 0 Å². The quantitative estimate of drug-likeness (QED) is 0.177. The fraction of sp³-hybridized carbons (Fsp3) is 0.106. The van der Waals surface area contributed by atoms with E-state index in [-0.39, 0.29) is 5.41 Å². The van der Waals surface area contributed by atoms with Crippen LogP contribution in [0.4, 0.5) is 0 Å². The minimum absolute atomic E-state index is 0.0231. The molecule has 0 saturated carbocycles. The van der Waals surface area contributed by atoms with Crippen molar-refractivity contribution in [1.29, 1.82) is 0 Å². The molecule has 0 fully saturated rings. The minimum Gasteiger partial charge on any atom is -0.0619 e. The molecule has 0 saturated heterocycles. The Morgan fingerprint density at radius 2 is 1.02 bits per heavy atom. The summed E-state index contributed by atoms with van der Waals surface area (Å²) in [5.41, 5.74) is 15.7. The summed E-state index contributed by atoms with van der Waals surface area (Å²) in [6, 6.07) is 54.7. The number of fused-ring (bicyclic) bond motifs is 6. The fourth-order valence-corrected chi connectivity index (χ4v) is 8.30. The second kappa shape index (κ2) is 10.3. The summed E-state index contributed by atoms with van der Waals surface area (Å²) in [5, 5.41) is 7.69. The van der Waals surface area contributed by atoms with E-state index in [0.29, 0.717) is 0 Å². The van der Waals surface area contributed by atoms with Gasteiger partial charge < -0.3 is 0 Å². The molecule has 0 N–H and O–H groups in total. The van der Waals surface area contributed by atoms with Gasteiger partial charge in [0.1, 0.15) is 0 Å². The number of hydrogen-bond acceptors (Lipinski definition) is 0. The van der Waals surface area contributed by atoms with E-state index in [0.717, 1.165) is 0 Å². The van der Waals surface area contributed by atoms with Crippen LogP contribution < -0.4 is 0 Å². The molecule has 0 unspecified atom stereocenters. The largest absolute Gasteiger partial charge is 0.0619 e. The van der Waals surface area contributed by atoms with E-state index < -0.39 is 0 Å². The fourth-order valence-electron chi connectivity index (χ4n) is 8.30. The summed E-state index contributed by atoms with van der Waals surface area (Å²) < 4.78 is 0. The van der Waals surface area contributed by atoms with E-state index in [1.807, 2.05) is 0 Å². The molecule has 0 nitrogen and oxygen atoms in total. The molecule has 1 aliphatic rings. The molecule has 0 atom stereocenters. The van der Waals surface area contributed by atoms with Crippen molar-refractivity contribution >= 4 is 32.3 Å². The van der Waals surface area contributed by atoms with Gasteiger partial charge in [-0.05, 0) is 126 Å². The van der Waals surface area contributed by atoms with Gasteiger partial charge in [0.25, 0.3) is 0 Å². The van der Waals surface area contributed by atoms with E-state index >= 15 is 0 Å². The van der Waals surface area contributed by atoms with E-state index in [9.17, 15) is 0 Å². The van der Waals surface area contributed by atoms with Gasteiger partial charge in [-0.3, -0.25) is 0 Å². The Balaban J connectivity index is 1.39. The molecule has 47 heavy (non-hydrogen) atoms. The first-order valence-corrected chi connectivity index (χ1v) is 16.7. The third kappa shape index (κ3) is 4.21. The maximum Gasteiger partial charge on any atom is 0.0158 e. The van der Waals surface area contributed by atoms with Gasteiger partial charge in [-0.15, -0.1) is 0 Å². The van der Waals surface area contributed by atoms with Crippen molar-refractivity contribution in [2.45, 2.75) is 33.1 Å². The molecule has 0 bridgehead atoms. The van der Waals surface area contributed by atoms with E-state index in [2.05, 4.69) is 173 Å². The van der Waals surface area contributed by atoms with Crippen LogP contribution in [0.1, 0.15) is 36.1 Å². The van der Waals surface area contributed by atoms with Crippen LogP contribution in [0.2, 0.25) is 0 Å². The molecule has 8 aromatic carbocycles. The summed E-state index contributed by atoms with van der Waals surface area (Å²) >= 11 is 0. The number of hydrogen-bond donors (Lipinski definition) is 0. The maximum absolute atomic E-state index is 2.46. The average molecular weight is 601 g/mol. The zero-order valence-electron chi connectivity index (χ0n) is 27.4. The van der Waals surface area contributed by atoms with Gasteiger partial charge in [0.2, 0.25) is 0 Å². The maximum atomic E-state index is 2.46. The van der Waals surface area contributed by atoms with Crippen LogP contribution >= 0.6 is 0 Å². The summed E-state index contributed by atoms with van der Waals surface area (Å²) in [5.74, 6) is 0. The van der Waals surface area contributed by atoms with Crippen LogP contribution in [0.15, 0.2) is 146 Å². The standard InChI is InChI=1S/C47H36/c1-29-17-22-36(30(2)25-29)46-39-15-8-7-14-38(39)45(35-21-24-44-41(28-35)37-13-9-10-16-43(37)47(44,3)4)42-27-34(20-23-40(42)46)33-19-18-31-11-5-6-12-32(31)26-33/h5-28H,1-4H3. The van der Waals surface area contributed by atoms with Crippen molar-refractivity contribution in [3.63, 3.8) is 0 Å². The zero-order valence-corrected chi connectivity index (χ0v) is 27.4. The van der Waals surface area contributed by atoms with Crippen LogP contribution in [0.5, 0.6) is 0 Å². The normalized spacial score (nSPS) is 13.3. The van der Waals surface area contributed by atoms with Crippen LogP contribution in [0, 0.1) is 13.8 Å². The topological polar surface area (TPSA) is 0 Å². The lowest BCUT2D eigenvalue weighted by atomic mass is 9.81. The third-order valence-electron chi connectivity index (χ3n) is 10.6. The molecular formula is C47H36. The first-order chi connectivity index (χ1) is 22.9. The molecule has 0 amide bonds. The van der Waals surface area contributed by atoms with Crippen molar-refractivity contribution in [1.82, 2.24) is 0 Å². The SMILES string of the molecule is Cc1ccc(-c2c3ccccc3c(-c3ccc4c(c3)-c3ccccc3C4(C)C)c3cc(-c4ccc5ccccc5c4)ccc23)c(C)c1. The lowest BCUT2D eigenvalue weighted by Crippen LogP contribution is -2.14. The molecule has 9 rings (SSSR count). The van der Waals surface area contributed by atoms with Gasteiger partial charge in [0.05, 0.1) is 0 Å². The monoisotopic (exact) mass is 600 g/mol. The van der Waals surface area contributed by atoms with Crippen LogP contribution in [0.25, 0.3) is 76.8 Å². The lowest BCUT2D eigenvalue weighted by Gasteiger charge is -2.22. The molecule has 0 heterocycles. The van der Waals surface area contributed by atoms with Gasteiger partial charge in [-0.2, -0.15) is 0 Å². The summed E-state index contributed by atoms with van der Waals surface area (Å²) in [4.78, 5) is 0. The van der Waals surface area contributed by atoms with Crippen molar-refractivity contribution in [3.8, 4) is 44.5 Å². The van der Waals surface area contributed by atoms with E-state index in [1.54, 1.807) is 0 Å².